The lowest BCUT2D eigenvalue weighted by atomic mass is 10.1. The van der Waals surface area contributed by atoms with E-state index < -0.39 is 5.97 Å². The van der Waals surface area contributed by atoms with Crippen molar-refractivity contribution in [1.29, 1.82) is 0 Å². The van der Waals surface area contributed by atoms with Crippen molar-refractivity contribution >= 4 is 11.7 Å². The highest BCUT2D eigenvalue weighted by Crippen LogP contribution is 2.17. The molecule has 0 atom stereocenters. The smallest absolute Gasteiger partial charge is 0.323 e. The number of anilines is 1. The predicted molar refractivity (Wildman–Crippen MR) is 70.5 cm³/mol. The van der Waals surface area contributed by atoms with E-state index in [0.29, 0.717) is 5.92 Å². The monoisotopic (exact) mass is 235 g/mol. The second-order valence-corrected chi connectivity index (χ2v) is 4.84. The molecule has 0 aromatic heterocycles. The molecule has 3 nitrogen and oxygen atoms in total. The summed E-state index contributed by atoms with van der Waals surface area (Å²) in [6, 6.07) is 7.99. The van der Waals surface area contributed by atoms with Crippen LogP contribution in [0.3, 0.4) is 0 Å². The summed E-state index contributed by atoms with van der Waals surface area (Å²) in [5.41, 5.74) is 2.15. The second-order valence-electron chi connectivity index (χ2n) is 4.84. The van der Waals surface area contributed by atoms with Gasteiger partial charge in [0.2, 0.25) is 0 Å². The maximum absolute atomic E-state index is 10.9. The zero-order valence-corrected chi connectivity index (χ0v) is 10.8. The Balaban J connectivity index is 2.78. The fourth-order valence-corrected chi connectivity index (χ4v) is 1.70. The summed E-state index contributed by atoms with van der Waals surface area (Å²) in [4.78, 5) is 12.8. The van der Waals surface area contributed by atoms with Gasteiger partial charge in [-0.15, -0.1) is 0 Å². The van der Waals surface area contributed by atoms with Crippen molar-refractivity contribution in [2.24, 2.45) is 5.92 Å². The molecule has 0 amide bonds. The minimum atomic E-state index is -0.782. The molecule has 17 heavy (non-hydrogen) atoms. The predicted octanol–water partition coefficient (Wildman–Crippen LogP) is 2.93. The van der Waals surface area contributed by atoms with E-state index >= 15 is 0 Å². The maximum atomic E-state index is 10.9. The fraction of sp³-hybridized carbons (Fsp3) is 0.500. The van der Waals surface area contributed by atoms with Crippen LogP contribution in [-0.2, 0) is 4.79 Å². The van der Waals surface area contributed by atoms with E-state index in [0.717, 1.165) is 24.2 Å². The minimum absolute atomic E-state index is 0.0656. The average Bonchev–Trinajstić information content (AvgIpc) is 2.23. The SMILES string of the molecule is Cc1cccc(N(CCC(C)C)CC(=O)O)c1. The van der Waals surface area contributed by atoms with Gasteiger partial charge in [-0.2, -0.15) is 0 Å². The van der Waals surface area contributed by atoms with Crippen LogP contribution >= 0.6 is 0 Å². The molecule has 1 aromatic rings. The van der Waals surface area contributed by atoms with E-state index in [4.69, 9.17) is 5.11 Å². The van der Waals surface area contributed by atoms with Crippen molar-refractivity contribution in [3.8, 4) is 0 Å². The van der Waals surface area contributed by atoms with E-state index in [1.54, 1.807) is 0 Å². The minimum Gasteiger partial charge on any atom is -0.480 e. The molecule has 0 saturated carbocycles. The van der Waals surface area contributed by atoms with Gasteiger partial charge in [0.15, 0.2) is 0 Å². The van der Waals surface area contributed by atoms with Gasteiger partial charge in [-0.3, -0.25) is 4.79 Å². The molecule has 1 aromatic carbocycles. The molecule has 3 heteroatoms. The van der Waals surface area contributed by atoms with Crippen LogP contribution in [0.15, 0.2) is 24.3 Å². The van der Waals surface area contributed by atoms with E-state index in [1.807, 2.05) is 36.1 Å². The molecule has 0 fully saturated rings. The first-order valence-corrected chi connectivity index (χ1v) is 6.02. The summed E-state index contributed by atoms with van der Waals surface area (Å²) < 4.78 is 0. The third-order valence-corrected chi connectivity index (χ3v) is 2.67. The van der Waals surface area contributed by atoms with Crippen LogP contribution in [0.4, 0.5) is 5.69 Å². The van der Waals surface area contributed by atoms with Crippen LogP contribution in [-0.4, -0.2) is 24.2 Å². The molecular weight excluding hydrogens is 214 g/mol. The molecule has 0 bridgehead atoms. The van der Waals surface area contributed by atoms with Gasteiger partial charge in [-0.05, 0) is 37.0 Å². The summed E-state index contributed by atoms with van der Waals surface area (Å²) in [5.74, 6) is -0.202. The van der Waals surface area contributed by atoms with Crippen LogP contribution in [0.5, 0.6) is 0 Å². The first-order valence-electron chi connectivity index (χ1n) is 6.02. The largest absolute Gasteiger partial charge is 0.480 e. The summed E-state index contributed by atoms with van der Waals surface area (Å²) in [7, 11) is 0. The van der Waals surface area contributed by atoms with Gasteiger partial charge in [0.1, 0.15) is 6.54 Å². The summed E-state index contributed by atoms with van der Waals surface area (Å²) in [5, 5.41) is 8.94. The van der Waals surface area contributed by atoms with Crippen molar-refractivity contribution in [1.82, 2.24) is 0 Å². The van der Waals surface area contributed by atoms with Crippen molar-refractivity contribution in [3.05, 3.63) is 29.8 Å². The van der Waals surface area contributed by atoms with Crippen molar-refractivity contribution in [2.75, 3.05) is 18.0 Å². The number of carbonyl (C=O) groups is 1. The Morgan fingerprint density at radius 2 is 2.12 bits per heavy atom. The molecule has 94 valence electrons. The molecule has 0 aliphatic heterocycles. The molecule has 0 aliphatic rings. The summed E-state index contributed by atoms with van der Waals surface area (Å²) >= 11 is 0. The summed E-state index contributed by atoms with van der Waals surface area (Å²) in [6.45, 7) is 7.17. The van der Waals surface area contributed by atoms with Crippen LogP contribution in [0.2, 0.25) is 0 Å². The summed E-state index contributed by atoms with van der Waals surface area (Å²) in [6.07, 6.45) is 1.00. The molecule has 0 unspecified atom stereocenters. The van der Waals surface area contributed by atoms with Crippen LogP contribution in [0.25, 0.3) is 0 Å². The molecule has 0 aliphatic carbocycles. The van der Waals surface area contributed by atoms with Gasteiger partial charge < -0.3 is 10.0 Å². The molecule has 0 saturated heterocycles. The van der Waals surface area contributed by atoms with Gasteiger partial charge in [0.05, 0.1) is 0 Å². The Morgan fingerprint density at radius 3 is 2.65 bits per heavy atom. The number of carboxylic acids is 1. The van der Waals surface area contributed by atoms with Crippen LogP contribution < -0.4 is 4.90 Å². The van der Waals surface area contributed by atoms with E-state index in [-0.39, 0.29) is 6.54 Å². The van der Waals surface area contributed by atoms with E-state index in [9.17, 15) is 4.79 Å². The number of rotatable bonds is 6. The topological polar surface area (TPSA) is 40.5 Å². The van der Waals surface area contributed by atoms with Gasteiger partial charge in [0, 0.05) is 12.2 Å². The van der Waals surface area contributed by atoms with Gasteiger partial charge in [-0.1, -0.05) is 26.0 Å². The lowest BCUT2D eigenvalue weighted by Crippen LogP contribution is -2.31. The van der Waals surface area contributed by atoms with E-state index in [1.165, 1.54) is 0 Å². The Labute approximate surface area is 103 Å². The highest BCUT2D eigenvalue weighted by molar-refractivity contribution is 5.73. The van der Waals surface area contributed by atoms with Crippen molar-refractivity contribution in [2.45, 2.75) is 27.2 Å². The van der Waals surface area contributed by atoms with Crippen molar-refractivity contribution in [3.63, 3.8) is 0 Å². The third kappa shape index (κ3) is 4.89. The van der Waals surface area contributed by atoms with Gasteiger partial charge >= 0.3 is 5.97 Å². The highest BCUT2D eigenvalue weighted by atomic mass is 16.4. The fourth-order valence-electron chi connectivity index (χ4n) is 1.70. The Kier molecular flexibility index (Phi) is 5.01. The quantitative estimate of drug-likeness (QED) is 0.824. The van der Waals surface area contributed by atoms with E-state index in [2.05, 4.69) is 13.8 Å². The van der Waals surface area contributed by atoms with Crippen molar-refractivity contribution < 1.29 is 9.90 Å². The molecule has 1 N–H and O–H groups in total. The molecular formula is C14H21NO2. The zero-order valence-electron chi connectivity index (χ0n) is 10.8. The number of hydrogen-bond acceptors (Lipinski definition) is 2. The number of nitrogens with zero attached hydrogens (tertiary/aromatic N) is 1. The number of aryl methyl sites for hydroxylation is 1. The number of carboxylic acid groups (broad SMARTS) is 1. The lowest BCUT2D eigenvalue weighted by molar-refractivity contribution is -0.135. The molecule has 0 spiro atoms. The van der Waals surface area contributed by atoms with Crippen LogP contribution in [0.1, 0.15) is 25.8 Å². The number of benzene rings is 1. The standard InChI is InChI=1S/C14H21NO2/c1-11(2)7-8-15(10-14(16)17)13-6-4-5-12(3)9-13/h4-6,9,11H,7-8,10H2,1-3H3,(H,16,17). The Morgan fingerprint density at radius 1 is 1.41 bits per heavy atom. The Bertz CT molecular complexity index is 374. The Hall–Kier alpha value is -1.51. The normalized spacial score (nSPS) is 10.6. The first-order chi connectivity index (χ1) is 7.99. The van der Waals surface area contributed by atoms with Crippen LogP contribution in [0, 0.1) is 12.8 Å². The zero-order chi connectivity index (χ0) is 12.8. The number of aliphatic carboxylic acids is 1. The first kappa shape index (κ1) is 13.6. The molecule has 0 heterocycles. The third-order valence-electron chi connectivity index (χ3n) is 2.67. The molecule has 1 rings (SSSR count). The highest BCUT2D eigenvalue weighted by Gasteiger charge is 2.11. The average molecular weight is 235 g/mol. The van der Waals surface area contributed by atoms with Gasteiger partial charge in [0.25, 0.3) is 0 Å². The molecule has 0 radical (unpaired) electrons. The second kappa shape index (κ2) is 6.28. The lowest BCUT2D eigenvalue weighted by Gasteiger charge is -2.24. The number of hydrogen-bond donors (Lipinski definition) is 1. The maximum Gasteiger partial charge on any atom is 0.323 e. The van der Waals surface area contributed by atoms with Gasteiger partial charge in [-0.25, -0.2) is 0 Å².